The molecular formula is C39H43F2N3O8. The molecule has 11 nitrogen and oxygen atoms in total. The summed E-state index contributed by atoms with van der Waals surface area (Å²) in [6.07, 6.45) is 6.82. The first-order chi connectivity index (χ1) is 24.9. The summed E-state index contributed by atoms with van der Waals surface area (Å²) in [5, 5.41) is 25.4. The summed E-state index contributed by atoms with van der Waals surface area (Å²) in [6, 6.07) is 9.42. The van der Waals surface area contributed by atoms with Gasteiger partial charge in [-0.05, 0) is 86.4 Å². The molecule has 2 aromatic carbocycles. The van der Waals surface area contributed by atoms with Gasteiger partial charge in [-0.15, -0.1) is 0 Å². The molecule has 1 amide bonds. The number of aliphatic carboxylic acids is 2. The van der Waals surface area contributed by atoms with Crippen molar-refractivity contribution in [3.05, 3.63) is 93.8 Å². The van der Waals surface area contributed by atoms with Gasteiger partial charge in [0.2, 0.25) is 0 Å². The molecule has 6 rings (SSSR count). The molecule has 2 aliphatic heterocycles. The van der Waals surface area contributed by atoms with Crippen LogP contribution in [0.5, 0.6) is 5.75 Å². The summed E-state index contributed by atoms with van der Waals surface area (Å²) in [5.74, 6) is -3.78. The molecular weight excluding hydrogens is 676 g/mol. The second-order valence-electron chi connectivity index (χ2n) is 13.2. The van der Waals surface area contributed by atoms with Gasteiger partial charge in [-0.1, -0.05) is 13.3 Å². The molecule has 3 aromatic rings. The van der Waals surface area contributed by atoms with Crippen molar-refractivity contribution in [3.63, 3.8) is 0 Å². The number of hydrogen-bond donors (Lipinski definition) is 3. The average Bonchev–Trinajstić information content (AvgIpc) is 3.95. The van der Waals surface area contributed by atoms with Gasteiger partial charge in [-0.25, -0.2) is 23.2 Å². The van der Waals surface area contributed by atoms with Crippen LogP contribution >= 0.6 is 0 Å². The first-order valence-electron chi connectivity index (χ1n) is 17.6. The maximum atomic E-state index is 14.8. The molecule has 0 bridgehead atoms. The maximum absolute atomic E-state index is 14.8. The van der Waals surface area contributed by atoms with Crippen molar-refractivity contribution in [2.24, 2.45) is 0 Å². The summed E-state index contributed by atoms with van der Waals surface area (Å²) in [6.45, 7) is 7.25. The van der Waals surface area contributed by atoms with Gasteiger partial charge in [0.15, 0.2) is 0 Å². The van der Waals surface area contributed by atoms with E-state index in [-0.39, 0.29) is 17.5 Å². The van der Waals surface area contributed by atoms with Crippen LogP contribution in [0.15, 0.2) is 48.6 Å². The molecule has 1 saturated heterocycles. The van der Waals surface area contributed by atoms with E-state index in [9.17, 15) is 33.1 Å². The Bertz CT molecular complexity index is 1850. The van der Waals surface area contributed by atoms with Gasteiger partial charge in [0, 0.05) is 68.0 Å². The summed E-state index contributed by atoms with van der Waals surface area (Å²) in [7, 11) is 0. The third-order valence-corrected chi connectivity index (χ3v) is 9.51. The highest BCUT2D eigenvalue weighted by molar-refractivity contribution is 5.99. The number of ether oxygens (including phenoxy) is 1. The minimum atomic E-state index is -1.26. The minimum Gasteiger partial charge on any atom is -0.494 e. The monoisotopic (exact) mass is 719 g/mol. The number of pyridine rings is 1. The van der Waals surface area contributed by atoms with E-state index in [2.05, 4.69) is 16.0 Å². The summed E-state index contributed by atoms with van der Waals surface area (Å²) in [5.41, 5.74) is 5.09. The van der Waals surface area contributed by atoms with Crippen molar-refractivity contribution in [1.29, 1.82) is 0 Å². The number of piperidine rings is 1. The predicted molar refractivity (Wildman–Crippen MR) is 188 cm³/mol. The highest BCUT2D eigenvalue weighted by Crippen LogP contribution is 2.47. The molecule has 276 valence electrons. The zero-order valence-electron chi connectivity index (χ0n) is 29.2. The predicted octanol–water partition coefficient (Wildman–Crippen LogP) is 6.33. The number of carbonyl (C=O) groups excluding carboxylic acids is 1. The number of fused-ring (bicyclic) bond motifs is 1. The largest absolute Gasteiger partial charge is 0.494 e. The lowest BCUT2D eigenvalue weighted by atomic mass is 9.92. The van der Waals surface area contributed by atoms with Crippen LogP contribution in [-0.4, -0.2) is 86.2 Å². The molecule has 0 spiro atoms. The molecule has 3 N–H and O–H groups in total. The van der Waals surface area contributed by atoms with Crippen LogP contribution in [0.2, 0.25) is 0 Å². The third-order valence-electron chi connectivity index (χ3n) is 9.51. The number of aromatic nitrogens is 1. The Morgan fingerprint density at radius 3 is 2.17 bits per heavy atom. The Labute approximate surface area is 300 Å². The first-order valence-corrected chi connectivity index (χ1v) is 17.6. The zero-order valence-corrected chi connectivity index (χ0v) is 29.2. The van der Waals surface area contributed by atoms with Crippen molar-refractivity contribution in [2.45, 2.75) is 77.3 Å². The molecule has 1 saturated carbocycles. The van der Waals surface area contributed by atoms with Crippen molar-refractivity contribution in [2.75, 3.05) is 26.2 Å². The number of aromatic carboxylic acids is 1. The van der Waals surface area contributed by atoms with Gasteiger partial charge >= 0.3 is 17.9 Å². The van der Waals surface area contributed by atoms with Gasteiger partial charge in [0.1, 0.15) is 17.4 Å². The number of amides is 1. The van der Waals surface area contributed by atoms with E-state index in [0.29, 0.717) is 78.9 Å². The quantitative estimate of drug-likeness (QED) is 0.181. The number of nitrogens with zero attached hydrogens (tertiary/aromatic N) is 3. The number of halogens is 2. The van der Waals surface area contributed by atoms with Crippen LogP contribution in [0.25, 0.3) is 11.1 Å². The summed E-state index contributed by atoms with van der Waals surface area (Å²) < 4.78 is 34.6. The average molecular weight is 720 g/mol. The minimum absolute atomic E-state index is 0.0766. The van der Waals surface area contributed by atoms with E-state index < -0.39 is 29.5 Å². The van der Waals surface area contributed by atoms with Gasteiger partial charge in [0.25, 0.3) is 5.91 Å². The van der Waals surface area contributed by atoms with Gasteiger partial charge in [-0.3, -0.25) is 14.7 Å². The Morgan fingerprint density at radius 1 is 0.904 bits per heavy atom. The number of rotatable bonds is 12. The highest BCUT2D eigenvalue weighted by Gasteiger charge is 2.35. The van der Waals surface area contributed by atoms with E-state index in [4.69, 9.17) is 14.9 Å². The zero-order chi connectivity index (χ0) is 37.5. The number of likely N-dealkylation sites (tertiary alicyclic amines) is 1. The number of aryl methyl sites for hydroxylation is 1. The fourth-order valence-electron chi connectivity index (χ4n) is 6.92. The van der Waals surface area contributed by atoms with Crippen LogP contribution in [0.4, 0.5) is 8.78 Å². The summed E-state index contributed by atoms with van der Waals surface area (Å²) >= 11 is 0. The standard InChI is InChI=1S/C35H39F2N3O4.C4H4O4/c1-3-5-31-29(35(42)43)18-28-32(38-31)12-15-40(34(28)41)24-10-13-39(14-11-24)20-22-16-26(21-6-7-21)27(19-33(22)44-4-2)25-9-8-23(36)17-30(25)37;5-3(6)1-2-4(7)8/h8-9,16-19,21,24H,3-7,10-15,20H2,1-2H3,(H,42,43);1-2H,(H,5,6)(H,7,8). The SMILES string of the molecule is CCCc1nc2c(cc1C(=O)O)C(=O)N(C1CCN(Cc3cc(C4CC4)c(-c4ccc(F)cc4F)cc3OCC)CC1)CC2.O=C(O)C=CC(=O)O. The number of benzene rings is 2. The van der Waals surface area contributed by atoms with Crippen molar-refractivity contribution in [1.82, 2.24) is 14.8 Å². The van der Waals surface area contributed by atoms with Crippen molar-refractivity contribution >= 4 is 23.8 Å². The van der Waals surface area contributed by atoms with Crippen LogP contribution in [0.1, 0.15) is 95.1 Å². The van der Waals surface area contributed by atoms with Crippen molar-refractivity contribution < 1.29 is 48.0 Å². The van der Waals surface area contributed by atoms with Crippen molar-refractivity contribution in [3.8, 4) is 16.9 Å². The number of carbonyl (C=O) groups is 4. The molecule has 3 heterocycles. The van der Waals surface area contributed by atoms with E-state index >= 15 is 0 Å². The Balaban J connectivity index is 0.000000587. The molecule has 13 heteroatoms. The second-order valence-corrected chi connectivity index (χ2v) is 13.2. The normalized spacial score (nSPS) is 16.3. The molecule has 1 aliphatic carbocycles. The Morgan fingerprint density at radius 2 is 1.60 bits per heavy atom. The number of carboxylic acids is 3. The van der Waals surface area contributed by atoms with Gasteiger partial charge in [0.05, 0.1) is 29.1 Å². The smallest absolute Gasteiger partial charge is 0.337 e. The Hall–Kier alpha value is -5.17. The Kier molecular flexibility index (Phi) is 12.4. The number of hydrogen-bond acceptors (Lipinski definition) is 7. The van der Waals surface area contributed by atoms with Crippen LogP contribution in [0.3, 0.4) is 0 Å². The van der Waals surface area contributed by atoms with Crippen LogP contribution in [-0.2, 0) is 29.0 Å². The van der Waals surface area contributed by atoms with Gasteiger partial charge < -0.3 is 25.0 Å². The maximum Gasteiger partial charge on any atom is 0.337 e. The fraction of sp³-hybridized carbons (Fsp3) is 0.410. The molecule has 52 heavy (non-hydrogen) atoms. The molecule has 2 fully saturated rings. The lowest BCUT2D eigenvalue weighted by Gasteiger charge is -2.40. The van der Waals surface area contributed by atoms with Crippen LogP contribution in [0, 0.1) is 11.6 Å². The number of carboxylic acid groups (broad SMARTS) is 3. The van der Waals surface area contributed by atoms with Crippen LogP contribution < -0.4 is 4.74 Å². The molecule has 3 aliphatic rings. The third kappa shape index (κ3) is 9.19. The van der Waals surface area contributed by atoms with E-state index in [1.807, 2.05) is 24.8 Å². The lowest BCUT2D eigenvalue weighted by Crippen LogP contribution is -2.50. The second kappa shape index (κ2) is 16.9. The topological polar surface area (TPSA) is 158 Å². The lowest BCUT2D eigenvalue weighted by molar-refractivity contribution is -0.134. The van der Waals surface area contributed by atoms with Gasteiger partial charge in [-0.2, -0.15) is 0 Å². The highest BCUT2D eigenvalue weighted by atomic mass is 19.1. The van der Waals surface area contributed by atoms with E-state index in [1.54, 1.807) is 0 Å². The summed E-state index contributed by atoms with van der Waals surface area (Å²) in [4.78, 5) is 53.5. The molecule has 0 radical (unpaired) electrons. The van der Waals surface area contributed by atoms with E-state index in [0.717, 1.165) is 68.0 Å². The first kappa shape index (κ1) is 38.1. The van der Waals surface area contributed by atoms with E-state index in [1.165, 1.54) is 18.2 Å². The molecule has 0 unspecified atom stereocenters. The fourth-order valence-corrected chi connectivity index (χ4v) is 6.92. The molecule has 1 aromatic heterocycles. The molecule has 0 atom stereocenters.